The molecule has 1 aromatic heterocycles. The van der Waals surface area contributed by atoms with E-state index in [2.05, 4.69) is 10.3 Å². The SMILES string of the molecule is CCOCC(=O)NCCc1csc(-c2ccc(F)cc2)n1. The molecule has 0 aliphatic rings. The number of nitrogens with zero attached hydrogens (tertiary/aromatic N) is 1. The topological polar surface area (TPSA) is 51.2 Å². The maximum atomic E-state index is 12.9. The third-order valence-corrected chi connectivity index (χ3v) is 3.72. The molecule has 0 bridgehead atoms. The number of ether oxygens (including phenoxy) is 1. The van der Waals surface area contributed by atoms with Crippen molar-refractivity contribution in [1.82, 2.24) is 10.3 Å². The lowest BCUT2D eigenvalue weighted by molar-refractivity contribution is -0.125. The minimum absolute atomic E-state index is 0.0917. The van der Waals surface area contributed by atoms with Crippen LogP contribution in [0.25, 0.3) is 10.6 Å². The molecule has 0 spiro atoms. The fourth-order valence-corrected chi connectivity index (χ4v) is 2.58. The summed E-state index contributed by atoms with van der Waals surface area (Å²) >= 11 is 1.51. The summed E-state index contributed by atoms with van der Waals surface area (Å²) in [5.41, 5.74) is 1.81. The van der Waals surface area contributed by atoms with E-state index in [-0.39, 0.29) is 18.3 Å². The van der Waals surface area contributed by atoms with E-state index < -0.39 is 0 Å². The third kappa shape index (κ3) is 4.91. The first-order valence-electron chi connectivity index (χ1n) is 6.74. The number of hydrogen-bond acceptors (Lipinski definition) is 4. The van der Waals surface area contributed by atoms with Crippen molar-refractivity contribution in [2.24, 2.45) is 0 Å². The molecule has 1 aromatic carbocycles. The van der Waals surface area contributed by atoms with Crippen LogP contribution in [0.2, 0.25) is 0 Å². The summed E-state index contributed by atoms with van der Waals surface area (Å²) in [6.07, 6.45) is 0.662. The van der Waals surface area contributed by atoms with Crippen molar-refractivity contribution in [3.8, 4) is 10.6 Å². The van der Waals surface area contributed by atoms with Crippen molar-refractivity contribution in [1.29, 1.82) is 0 Å². The van der Waals surface area contributed by atoms with Crippen molar-refractivity contribution < 1.29 is 13.9 Å². The molecular weight excluding hydrogens is 291 g/mol. The van der Waals surface area contributed by atoms with Crippen LogP contribution in [0.4, 0.5) is 4.39 Å². The second-order valence-electron chi connectivity index (χ2n) is 4.39. The van der Waals surface area contributed by atoms with E-state index >= 15 is 0 Å². The van der Waals surface area contributed by atoms with Crippen LogP contribution >= 0.6 is 11.3 Å². The Hall–Kier alpha value is -1.79. The Labute approximate surface area is 127 Å². The zero-order valence-electron chi connectivity index (χ0n) is 11.8. The van der Waals surface area contributed by atoms with Crippen molar-refractivity contribution in [3.05, 3.63) is 41.2 Å². The van der Waals surface area contributed by atoms with Gasteiger partial charge in [0.05, 0.1) is 5.69 Å². The lowest BCUT2D eigenvalue weighted by Crippen LogP contribution is -2.29. The third-order valence-electron chi connectivity index (χ3n) is 2.78. The number of amides is 1. The van der Waals surface area contributed by atoms with Gasteiger partial charge in [0, 0.05) is 30.5 Å². The molecule has 0 saturated heterocycles. The number of thiazole rings is 1. The summed E-state index contributed by atoms with van der Waals surface area (Å²) in [4.78, 5) is 15.8. The standard InChI is InChI=1S/C15H17FN2O2S/c1-2-20-9-14(19)17-8-7-13-10-21-15(18-13)11-3-5-12(16)6-4-11/h3-6,10H,2,7-9H2,1H3,(H,17,19). The molecule has 0 unspecified atom stereocenters. The Kier molecular flexibility index (Phi) is 5.83. The summed E-state index contributed by atoms with van der Waals surface area (Å²) in [6.45, 7) is 2.99. The molecule has 6 heteroatoms. The molecule has 2 rings (SSSR count). The molecule has 112 valence electrons. The molecule has 0 radical (unpaired) electrons. The van der Waals surface area contributed by atoms with Gasteiger partial charge in [-0.25, -0.2) is 9.37 Å². The van der Waals surface area contributed by atoms with Crippen LogP contribution in [-0.4, -0.2) is 30.6 Å². The number of hydrogen-bond donors (Lipinski definition) is 1. The number of carbonyl (C=O) groups is 1. The van der Waals surface area contributed by atoms with E-state index in [4.69, 9.17) is 4.74 Å². The summed E-state index contributed by atoms with van der Waals surface area (Å²) in [5, 5.41) is 5.58. The van der Waals surface area contributed by atoms with Gasteiger partial charge in [0.25, 0.3) is 0 Å². The molecule has 21 heavy (non-hydrogen) atoms. The molecule has 0 saturated carbocycles. The van der Waals surface area contributed by atoms with Crippen molar-refractivity contribution in [3.63, 3.8) is 0 Å². The monoisotopic (exact) mass is 308 g/mol. The number of halogens is 1. The summed E-state index contributed by atoms with van der Waals surface area (Å²) in [6, 6.07) is 6.26. The average molecular weight is 308 g/mol. The lowest BCUT2D eigenvalue weighted by Gasteiger charge is -2.03. The highest BCUT2D eigenvalue weighted by atomic mass is 32.1. The highest BCUT2D eigenvalue weighted by molar-refractivity contribution is 7.13. The molecule has 1 heterocycles. The Morgan fingerprint density at radius 2 is 2.14 bits per heavy atom. The van der Waals surface area contributed by atoms with Crippen molar-refractivity contribution in [2.75, 3.05) is 19.8 Å². The van der Waals surface area contributed by atoms with Gasteiger partial charge in [-0.1, -0.05) is 0 Å². The van der Waals surface area contributed by atoms with Gasteiger partial charge in [0.1, 0.15) is 17.4 Å². The Balaban J connectivity index is 1.83. The normalized spacial score (nSPS) is 10.6. The highest BCUT2D eigenvalue weighted by Crippen LogP contribution is 2.23. The van der Waals surface area contributed by atoms with Crippen LogP contribution < -0.4 is 5.32 Å². The molecule has 1 N–H and O–H groups in total. The van der Waals surface area contributed by atoms with E-state index in [1.165, 1.54) is 23.5 Å². The van der Waals surface area contributed by atoms with Crippen LogP contribution in [-0.2, 0) is 16.0 Å². The Morgan fingerprint density at radius 3 is 2.86 bits per heavy atom. The number of rotatable bonds is 7. The van der Waals surface area contributed by atoms with E-state index in [0.717, 1.165) is 16.3 Å². The first kappa shape index (κ1) is 15.6. The quantitative estimate of drug-likeness (QED) is 0.855. The van der Waals surface area contributed by atoms with Gasteiger partial charge in [-0.05, 0) is 31.2 Å². The molecule has 0 aliphatic carbocycles. The van der Waals surface area contributed by atoms with Gasteiger partial charge < -0.3 is 10.1 Å². The van der Waals surface area contributed by atoms with E-state index in [0.29, 0.717) is 19.6 Å². The van der Waals surface area contributed by atoms with Gasteiger partial charge in [-0.15, -0.1) is 11.3 Å². The maximum absolute atomic E-state index is 12.9. The molecule has 0 aliphatic heterocycles. The van der Waals surface area contributed by atoms with Crippen LogP contribution in [0.3, 0.4) is 0 Å². The largest absolute Gasteiger partial charge is 0.372 e. The minimum Gasteiger partial charge on any atom is -0.372 e. The summed E-state index contributed by atoms with van der Waals surface area (Å²) in [5.74, 6) is -0.377. The number of aromatic nitrogens is 1. The number of nitrogens with one attached hydrogen (secondary N) is 1. The van der Waals surface area contributed by atoms with Gasteiger partial charge in [-0.2, -0.15) is 0 Å². The first-order valence-corrected chi connectivity index (χ1v) is 7.61. The van der Waals surface area contributed by atoms with Gasteiger partial charge in [-0.3, -0.25) is 4.79 Å². The van der Waals surface area contributed by atoms with Gasteiger partial charge in [0.2, 0.25) is 5.91 Å². The summed E-state index contributed by atoms with van der Waals surface area (Å²) < 4.78 is 17.9. The fraction of sp³-hybridized carbons (Fsp3) is 0.333. The zero-order valence-corrected chi connectivity index (χ0v) is 12.6. The Bertz CT molecular complexity index is 584. The molecular formula is C15H17FN2O2S. The van der Waals surface area contributed by atoms with E-state index in [9.17, 15) is 9.18 Å². The molecule has 0 fully saturated rings. The number of carbonyl (C=O) groups excluding carboxylic acids is 1. The number of benzene rings is 1. The van der Waals surface area contributed by atoms with E-state index in [1.807, 2.05) is 12.3 Å². The van der Waals surface area contributed by atoms with Crippen LogP contribution in [0.1, 0.15) is 12.6 Å². The highest BCUT2D eigenvalue weighted by Gasteiger charge is 2.06. The fourth-order valence-electron chi connectivity index (χ4n) is 1.72. The van der Waals surface area contributed by atoms with Crippen LogP contribution in [0, 0.1) is 5.82 Å². The maximum Gasteiger partial charge on any atom is 0.246 e. The van der Waals surface area contributed by atoms with Crippen LogP contribution in [0.5, 0.6) is 0 Å². The lowest BCUT2D eigenvalue weighted by atomic mass is 10.2. The molecule has 1 amide bonds. The van der Waals surface area contributed by atoms with Crippen molar-refractivity contribution >= 4 is 17.2 Å². The van der Waals surface area contributed by atoms with Gasteiger partial charge >= 0.3 is 0 Å². The molecule has 0 atom stereocenters. The predicted octanol–water partition coefficient (Wildman–Crippen LogP) is 2.64. The Morgan fingerprint density at radius 1 is 1.38 bits per heavy atom. The van der Waals surface area contributed by atoms with Gasteiger partial charge in [0.15, 0.2) is 0 Å². The van der Waals surface area contributed by atoms with Crippen LogP contribution in [0.15, 0.2) is 29.6 Å². The van der Waals surface area contributed by atoms with Crippen molar-refractivity contribution in [2.45, 2.75) is 13.3 Å². The second-order valence-corrected chi connectivity index (χ2v) is 5.25. The molecule has 2 aromatic rings. The smallest absolute Gasteiger partial charge is 0.246 e. The zero-order chi connectivity index (χ0) is 15.1. The molecule has 4 nitrogen and oxygen atoms in total. The van der Waals surface area contributed by atoms with E-state index in [1.54, 1.807) is 12.1 Å². The first-order chi connectivity index (χ1) is 10.2. The summed E-state index contributed by atoms with van der Waals surface area (Å²) in [7, 11) is 0. The average Bonchev–Trinajstić information content (AvgIpc) is 2.95. The minimum atomic E-state index is -0.257. The second kappa shape index (κ2) is 7.85. The predicted molar refractivity (Wildman–Crippen MR) is 80.7 cm³/mol.